The van der Waals surface area contributed by atoms with E-state index in [-0.39, 0.29) is 6.04 Å². The van der Waals surface area contributed by atoms with E-state index in [9.17, 15) is 0 Å². The van der Waals surface area contributed by atoms with Crippen LogP contribution in [0.1, 0.15) is 29.4 Å². The number of methoxy groups -OCH3 is 2. The first-order chi connectivity index (χ1) is 14.4. The number of aromatic nitrogens is 3. The summed E-state index contributed by atoms with van der Waals surface area (Å²) in [6.45, 7) is 4.00. The van der Waals surface area contributed by atoms with E-state index in [1.165, 1.54) is 0 Å². The lowest BCUT2D eigenvalue weighted by molar-refractivity contribution is 0.354. The molecule has 30 heavy (non-hydrogen) atoms. The van der Waals surface area contributed by atoms with Gasteiger partial charge in [0.1, 0.15) is 5.82 Å². The number of nitrogens with zero attached hydrogens (tertiary/aromatic N) is 5. The van der Waals surface area contributed by atoms with Crippen molar-refractivity contribution in [3.63, 3.8) is 0 Å². The highest BCUT2D eigenvalue weighted by atomic mass is 16.5. The minimum absolute atomic E-state index is 0.0513. The molecule has 3 aromatic rings. The van der Waals surface area contributed by atoms with Crippen LogP contribution in [0.5, 0.6) is 11.5 Å². The number of ether oxygens (including phenoxy) is 2. The lowest BCUT2D eigenvalue weighted by Crippen LogP contribution is -2.31. The Bertz CT molecular complexity index is 1100. The molecule has 1 aliphatic heterocycles. The summed E-state index contributed by atoms with van der Waals surface area (Å²) in [5.74, 6) is 2.76. The van der Waals surface area contributed by atoms with Crippen molar-refractivity contribution in [1.82, 2.24) is 14.8 Å². The summed E-state index contributed by atoms with van der Waals surface area (Å²) in [6.07, 6.45) is 0.754. The van der Waals surface area contributed by atoms with Gasteiger partial charge in [-0.1, -0.05) is 12.1 Å². The van der Waals surface area contributed by atoms with Gasteiger partial charge in [-0.2, -0.15) is 15.2 Å². The quantitative estimate of drug-likeness (QED) is 0.670. The Morgan fingerprint density at radius 2 is 1.73 bits per heavy atom. The van der Waals surface area contributed by atoms with E-state index in [0.29, 0.717) is 29.0 Å². The predicted octanol–water partition coefficient (Wildman–Crippen LogP) is 2.93. The highest BCUT2D eigenvalue weighted by Crippen LogP contribution is 2.35. The van der Waals surface area contributed by atoms with E-state index in [1.807, 2.05) is 55.4 Å². The van der Waals surface area contributed by atoms with Crippen molar-refractivity contribution in [2.75, 3.05) is 25.0 Å². The van der Waals surface area contributed by atoms with Gasteiger partial charge in [0, 0.05) is 23.9 Å². The van der Waals surface area contributed by atoms with Crippen LogP contribution < -0.4 is 20.2 Å². The van der Waals surface area contributed by atoms with E-state index in [1.54, 1.807) is 18.9 Å². The first-order valence-electron chi connectivity index (χ1n) is 9.78. The van der Waals surface area contributed by atoms with Gasteiger partial charge in [-0.15, -0.1) is 0 Å². The molecule has 1 aromatic heterocycles. The van der Waals surface area contributed by atoms with Gasteiger partial charge in [0.25, 0.3) is 0 Å². The molecule has 0 saturated carbocycles. The van der Waals surface area contributed by atoms with Crippen LogP contribution in [0.4, 0.5) is 11.6 Å². The number of rotatable bonds is 4. The molecule has 0 bridgehead atoms. The molecule has 4 rings (SSSR count). The number of anilines is 2. The van der Waals surface area contributed by atoms with Crippen LogP contribution in [-0.4, -0.2) is 40.7 Å². The van der Waals surface area contributed by atoms with E-state index in [0.717, 1.165) is 28.8 Å². The number of hydrogen-bond acceptors (Lipinski definition) is 7. The zero-order chi connectivity index (χ0) is 21.4. The third-order valence-electron chi connectivity index (χ3n) is 5.24. The highest BCUT2D eigenvalue weighted by Gasteiger charge is 2.28. The minimum Gasteiger partial charge on any atom is -0.493 e. The SMILES string of the molecule is COc1cc2c(cc1OC)C(c1ccc(N)cc1)=NN(c1nc(C)nn1C)C(C)C2. The van der Waals surface area contributed by atoms with Gasteiger partial charge in [0.05, 0.1) is 26.0 Å². The Balaban J connectivity index is 1.95. The molecule has 0 spiro atoms. The Hall–Kier alpha value is -3.55. The van der Waals surface area contributed by atoms with Crippen molar-refractivity contribution < 1.29 is 9.47 Å². The standard InChI is InChI=1S/C22H26N6O2/c1-13-10-16-11-19(29-4)20(30-5)12-18(16)21(15-6-8-17(23)9-7-15)26-28(13)22-24-14(2)25-27(22)3/h6-9,11-13H,10,23H2,1-5H3. The Morgan fingerprint density at radius 1 is 1.07 bits per heavy atom. The Kier molecular flexibility index (Phi) is 5.07. The summed E-state index contributed by atoms with van der Waals surface area (Å²) >= 11 is 0. The maximum absolute atomic E-state index is 5.92. The van der Waals surface area contributed by atoms with Gasteiger partial charge in [-0.25, -0.2) is 9.69 Å². The molecule has 2 aromatic carbocycles. The summed E-state index contributed by atoms with van der Waals surface area (Å²) in [4.78, 5) is 4.60. The second-order valence-electron chi connectivity index (χ2n) is 7.42. The van der Waals surface area contributed by atoms with Gasteiger partial charge >= 0.3 is 0 Å². The number of hydrogen-bond donors (Lipinski definition) is 1. The fourth-order valence-electron chi connectivity index (χ4n) is 3.77. The zero-order valence-electron chi connectivity index (χ0n) is 17.9. The fourth-order valence-corrected chi connectivity index (χ4v) is 3.77. The summed E-state index contributed by atoms with van der Waals surface area (Å²) in [6, 6.07) is 11.8. The van der Waals surface area contributed by atoms with Crippen LogP contribution in [0.15, 0.2) is 41.5 Å². The molecule has 2 heterocycles. The monoisotopic (exact) mass is 406 g/mol. The molecule has 0 amide bonds. The van der Waals surface area contributed by atoms with Crippen LogP contribution in [0.25, 0.3) is 0 Å². The van der Waals surface area contributed by atoms with E-state index < -0.39 is 0 Å². The number of fused-ring (bicyclic) bond motifs is 1. The van der Waals surface area contributed by atoms with Gasteiger partial charge in [0.15, 0.2) is 11.5 Å². The summed E-state index contributed by atoms with van der Waals surface area (Å²) in [5, 5.41) is 11.4. The molecule has 156 valence electrons. The Labute approximate surface area is 175 Å². The number of nitrogen functional groups attached to an aromatic ring is 1. The van der Waals surface area contributed by atoms with E-state index in [4.69, 9.17) is 20.3 Å². The van der Waals surface area contributed by atoms with Crippen LogP contribution >= 0.6 is 0 Å². The van der Waals surface area contributed by atoms with Gasteiger partial charge in [-0.3, -0.25) is 0 Å². The molecule has 1 unspecified atom stereocenters. The normalized spacial score (nSPS) is 16.0. The molecular weight excluding hydrogens is 380 g/mol. The van der Waals surface area contributed by atoms with Gasteiger partial charge < -0.3 is 15.2 Å². The molecule has 0 radical (unpaired) electrons. The number of aryl methyl sites for hydroxylation is 2. The molecule has 0 fully saturated rings. The first-order valence-corrected chi connectivity index (χ1v) is 9.78. The van der Waals surface area contributed by atoms with Crippen molar-refractivity contribution in [1.29, 1.82) is 0 Å². The third-order valence-corrected chi connectivity index (χ3v) is 5.24. The Morgan fingerprint density at radius 3 is 2.33 bits per heavy atom. The molecular formula is C22H26N6O2. The maximum atomic E-state index is 5.92. The van der Waals surface area contributed by atoms with E-state index in [2.05, 4.69) is 17.0 Å². The summed E-state index contributed by atoms with van der Waals surface area (Å²) in [5.41, 5.74) is 10.5. The predicted molar refractivity (Wildman–Crippen MR) is 117 cm³/mol. The van der Waals surface area contributed by atoms with Crippen molar-refractivity contribution in [3.05, 3.63) is 58.9 Å². The van der Waals surface area contributed by atoms with Gasteiger partial charge in [-0.05, 0) is 50.1 Å². The number of nitrogens with two attached hydrogens (primary N) is 1. The zero-order valence-corrected chi connectivity index (χ0v) is 17.9. The lowest BCUT2D eigenvalue weighted by Gasteiger charge is -2.23. The molecule has 0 saturated heterocycles. The molecule has 8 nitrogen and oxygen atoms in total. The van der Waals surface area contributed by atoms with Crippen molar-refractivity contribution >= 4 is 17.3 Å². The average molecular weight is 406 g/mol. The highest BCUT2D eigenvalue weighted by molar-refractivity contribution is 6.14. The minimum atomic E-state index is 0.0513. The molecule has 1 atom stereocenters. The molecule has 2 N–H and O–H groups in total. The van der Waals surface area contributed by atoms with Crippen LogP contribution in [0, 0.1) is 6.92 Å². The van der Waals surface area contributed by atoms with Crippen LogP contribution in [0.2, 0.25) is 0 Å². The smallest absolute Gasteiger partial charge is 0.244 e. The molecule has 0 aliphatic carbocycles. The summed E-state index contributed by atoms with van der Waals surface area (Å²) in [7, 11) is 5.16. The third kappa shape index (κ3) is 3.45. The van der Waals surface area contributed by atoms with Crippen LogP contribution in [0.3, 0.4) is 0 Å². The average Bonchev–Trinajstić information content (AvgIpc) is 2.99. The molecule has 1 aliphatic rings. The second kappa shape index (κ2) is 7.70. The lowest BCUT2D eigenvalue weighted by atomic mass is 9.94. The maximum Gasteiger partial charge on any atom is 0.244 e. The number of hydrazone groups is 1. The van der Waals surface area contributed by atoms with Crippen molar-refractivity contribution in [2.24, 2.45) is 12.1 Å². The van der Waals surface area contributed by atoms with Crippen LogP contribution in [-0.2, 0) is 13.5 Å². The van der Waals surface area contributed by atoms with Crippen molar-refractivity contribution in [3.8, 4) is 11.5 Å². The fraction of sp³-hybridized carbons (Fsp3) is 0.318. The first kappa shape index (κ1) is 19.8. The van der Waals surface area contributed by atoms with Gasteiger partial charge in [0.2, 0.25) is 5.95 Å². The summed E-state index contributed by atoms with van der Waals surface area (Å²) < 4.78 is 12.9. The largest absolute Gasteiger partial charge is 0.493 e. The molecule has 8 heteroatoms. The van der Waals surface area contributed by atoms with E-state index >= 15 is 0 Å². The number of benzene rings is 2. The topological polar surface area (TPSA) is 90.8 Å². The second-order valence-corrected chi connectivity index (χ2v) is 7.42. The van der Waals surface area contributed by atoms with Crippen molar-refractivity contribution in [2.45, 2.75) is 26.3 Å².